The lowest BCUT2D eigenvalue weighted by molar-refractivity contribution is 0.0932. The van der Waals surface area contributed by atoms with E-state index in [9.17, 15) is 9.18 Å². The predicted octanol–water partition coefficient (Wildman–Crippen LogP) is 4.13. The summed E-state index contributed by atoms with van der Waals surface area (Å²) in [7, 11) is 1.58. The van der Waals surface area contributed by atoms with Crippen LogP contribution in [0.1, 0.15) is 27.2 Å². The summed E-state index contributed by atoms with van der Waals surface area (Å²) in [5.41, 5.74) is 4.75. The smallest absolute Gasteiger partial charge is 0.268 e. The number of fused-ring (bicyclic) bond motifs is 1. The van der Waals surface area contributed by atoms with Crippen molar-refractivity contribution in [2.24, 2.45) is 0 Å². The lowest BCUT2D eigenvalue weighted by atomic mass is 10.1. The fourth-order valence-corrected chi connectivity index (χ4v) is 3.79. The number of carbonyl (C=O) groups is 1. The summed E-state index contributed by atoms with van der Waals surface area (Å²) in [6.45, 7) is 3.09. The number of hydrogen-bond acceptors (Lipinski definition) is 7. The van der Waals surface area contributed by atoms with Crippen molar-refractivity contribution in [2.45, 2.75) is 13.5 Å². The number of halogens is 1. The molecular formula is C25H26FN7O2. The molecule has 2 aromatic carbocycles. The van der Waals surface area contributed by atoms with Crippen LogP contribution in [0.2, 0.25) is 0 Å². The minimum absolute atomic E-state index is 0.235. The molecule has 180 valence electrons. The van der Waals surface area contributed by atoms with Gasteiger partial charge in [0.25, 0.3) is 5.91 Å². The van der Waals surface area contributed by atoms with Gasteiger partial charge in [0.15, 0.2) is 5.82 Å². The van der Waals surface area contributed by atoms with Crippen molar-refractivity contribution in [1.82, 2.24) is 20.5 Å². The van der Waals surface area contributed by atoms with Gasteiger partial charge in [-0.25, -0.2) is 4.39 Å². The molecular weight excluding hydrogens is 449 g/mol. The van der Waals surface area contributed by atoms with Crippen LogP contribution in [-0.4, -0.2) is 47.6 Å². The van der Waals surface area contributed by atoms with E-state index in [-0.39, 0.29) is 11.7 Å². The van der Waals surface area contributed by atoms with Gasteiger partial charge in [0, 0.05) is 48.7 Å². The van der Waals surface area contributed by atoms with Gasteiger partial charge in [-0.05, 0) is 48.4 Å². The number of H-pyrrole nitrogens is 1. The summed E-state index contributed by atoms with van der Waals surface area (Å²) in [5, 5.41) is 26.2. The molecule has 4 aromatic rings. The van der Waals surface area contributed by atoms with Gasteiger partial charge in [-0.3, -0.25) is 4.79 Å². The number of nitrogens with one attached hydrogen (secondary N) is 5. The first-order valence-corrected chi connectivity index (χ1v) is 11.0. The quantitative estimate of drug-likeness (QED) is 0.173. The Labute approximate surface area is 201 Å². The molecule has 0 saturated carbocycles. The Morgan fingerprint density at radius 2 is 2.11 bits per heavy atom. The van der Waals surface area contributed by atoms with Gasteiger partial charge in [0.05, 0.1) is 18.3 Å². The highest BCUT2D eigenvalue weighted by atomic mass is 19.1. The maximum atomic E-state index is 13.4. The maximum absolute atomic E-state index is 13.4. The summed E-state index contributed by atoms with van der Waals surface area (Å²) >= 11 is 0. The van der Waals surface area contributed by atoms with Crippen LogP contribution in [0.15, 0.2) is 48.7 Å². The largest absolute Gasteiger partial charge is 0.383 e. The molecule has 0 spiro atoms. The Kier molecular flexibility index (Phi) is 7.32. The lowest BCUT2D eigenvalue weighted by Crippen LogP contribution is -2.27. The highest BCUT2D eigenvalue weighted by Gasteiger charge is 2.18. The van der Waals surface area contributed by atoms with Crippen molar-refractivity contribution in [3.63, 3.8) is 0 Å². The molecule has 0 saturated heterocycles. The standard InChI is InChI=1S/C25H26FN7O2/c1-15-22-21(32-23(15)25(34)28-8-9-35-2)14-30-33-24(22)31-19-6-7-20(17(11-19)12-27)29-13-16-4-3-5-18(26)10-16/h3-7,10-12,14,27,29,32H,8-9,13H2,1-2H3,(H,28,34)(H,31,33). The van der Waals surface area contributed by atoms with Gasteiger partial charge >= 0.3 is 0 Å². The van der Waals surface area contributed by atoms with Crippen LogP contribution in [0.5, 0.6) is 0 Å². The van der Waals surface area contributed by atoms with Crippen molar-refractivity contribution in [3.05, 3.63) is 76.9 Å². The van der Waals surface area contributed by atoms with Crippen molar-refractivity contribution >= 4 is 40.2 Å². The van der Waals surface area contributed by atoms with Crippen LogP contribution in [0, 0.1) is 18.2 Å². The monoisotopic (exact) mass is 475 g/mol. The number of carbonyl (C=O) groups excluding carboxylic acids is 1. The predicted molar refractivity (Wildman–Crippen MR) is 134 cm³/mol. The molecule has 9 nitrogen and oxygen atoms in total. The van der Waals surface area contributed by atoms with E-state index in [2.05, 4.69) is 31.1 Å². The summed E-state index contributed by atoms with van der Waals surface area (Å²) in [6.07, 6.45) is 2.82. The normalized spacial score (nSPS) is 10.8. The minimum Gasteiger partial charge on any atom is -0.383 e. The summed E-state index contributed by atoms with van der Waals surface area (Å²) in [5.74, 6) is -0.0350. The van der Waals surface area contributed by atoms with Crippen molar-refractivity contribution < 1.29 is 13.9 Å². The first-order chi connectivity index (χ1) is 17.0. The molecule has 2 aromatic heterocycles. The number of aryl methyl sites for hydroxylation is 1. The second-order valence-corrected chi connectivity index (χ2v) is 7.91. The van der Waals surface area contributed by atoms with Crippen molar-refractivity contribution in [1.29, 1.82) is 5.41 Å². The summed E-state index contributed by atoms with van der Waals surface area (Å²) < 4.78 is 18.4. The first-order valence-electron chi connectivity index (χ1n) is 11.0. The van der Waals surface area contributed by atoms with Crippen molar-refractivity contribution in [2.75, 3.05) is 30.9 Å². The van der Waals surface area contributed by atoms with E-state index < -0.39 is 0 Å². The number of anilines is 3. The van der Waals surface area contributed by atoms with Gasteiger partial charge in [-0.1, -0.05) is 12.1 Å². The molecule has 0 fully saturated rings. The molecule has 2 heterocycles. The third-order valence-electron chi connectivity index (χ3n) is 5.52. The number of ether oxygens (including phenoxy) is 1. The highest BCUT2D eigenvalue weighted by Crippen LogP contribution is 2.30. The molecule has 0 atom stereocenters. The van der Waals surface area contributed by atoms with Gasteiger partial charge < -0.3 is 31.1 Å². The van der Waals surface area contributed by atoms with Crippen molar-refractivity contribution in [3.8, 4) is 0 Å². The summed E-state index contributed by atoms with van der Waals surface area (Å²) in [4.78, 5) is 15.7. The molecule has 5 N–H and O–H groups in total. The van der Waals surface area contributed by atoms with Gasteiger partial charge in [0.1, 0.15) is 11.5 Å². The molecule has 0 aliphatic carbocycles. The topological polar surface area (TPSA) is 128 Å². The number of aromatic amines is 1. The van der Waals surface area contributed by atoms with Crippen LogP contribution in [0.3, 0.4) is 0 Å². The first kappa shape index (κ1) is 23.8. The molecule has 0 aliphatic heterocycles. The van der Waals surface area contributed by atoms with E-state index in [1.165, 1.54) is 18.3 Å². The third-order valence-corrected chi connectivity index (χ3v) is 5.52. The number of nitrogens with zero attached hydrogens (tertiary/aromatic N) is 2. The van der Waals surface area contributed by atoms with E-state index in [0.717, 1.165) is 22.2 Å². The number of rotatable bonds is 10. The SMILES string of the molecule is COCCNC(=O)c1[nH]c2cnnc(Nc3ccc(NCc4cccc(F)c4)c(C=N)c3)c2c1C. The highest BCUT2D eigenvalue weighted by molar-refractivity contribution is 6.04. The average molecular weight is 476 g/mol. The van der Waals surface area contributed by atoms with Gasteiger partial charge in [-0.15, -0.1) is 5.10 Å². The number of methoxy groups -OCH3 is 1. The van der Waals surface area contributed by atoms with E-state index in [4.69, 9.17) is 10.1 Å². The Balaban J connectivity index is 1.55. The summed E-state index contributed by atoms with van der Waals surface area (Å²) in [6, 6.07) is 11.9. The number of hydrogen-bond donors (Lipinski definition) is 5. The second-order valence-electron chi connectivity index (χ2n) is 7.91. The molecule has 4 rings (SSSR count). The minimum atomic E-state index is -0.290. The molecule has 0 bridgehead atoms. The Morgan fingerprint density at radius 1 is 1.26 bits per heavy atom. The van der Waals surface area contributed by atoms with E-state index >= 15 is 0 Å². The third kappa shape index (κ3) is 5.44. The number of benzene rings is 2. The van der Waals surface area contributed by atoms with Crippen LogP contribution in [-0.2, 0) is 11.3 Å². The number of amides is 1. The zero-order valence-corrected chi connectivity index (χ0v) is 19.4. The lowest BCUT2D eigenvalue weighted by Gasteiger charge is -2.13. The van der Waals surface area contributed by atoms with Gasteiger partial charge in [-0.2, -0.15) is 5.10 Å². The Hall–Kier alpha value is -4.31. The van der Waals surface area contributed by atoms with Crippen LogP contribution >= 0.6 is 0 Å². The van der Waals surface area contributed by atoms with E-state index in [1.807, 2.05) is 31.2 Å². The van der Waals surface area contributed by atoms with Crippen LogP contribution < -0.4 is 16.0 Å². The molecule has 0 unspecified atom stereocenters. The van der Waals surface area contributed by atoms with Gasteiger partial charge in [0.2, 0.25) is 0 Å². The fourth-order valence-electron chi connectivity index (χ4n) is 3.79. The van der Waals surface area contributed by atoms with Crippen LogP contribution in [0.25, 0.3) is 10.9 Å². The Morgan fingerprint density at radius 3 is 2.89 bits per heavy atom. The average Bonchev–Trinajstić information content (AvgIpc) is 3.20. The van der Waals surface area contributed by atoms with E-state index in [0.29, 0.717) is 48.0 Å². The Bertz CT molecular complexity index is 1370. The van der Waals surface area contributed by atoms with E-state index in [1.54, 1.807) is 19.4 Å². The molecule has 10 heteroatoms. The fraction of sp³-hybridized carbons (Fsp3) is 0.200. The zero-order chi connectivity index (χ0) is 24.8. The number of aromatic nitrogens is 3. The maximum Gasteiger partial charge on any atom is 0.268 e. The molecule has 1 amide bonds. The molecule has 0 aliphatic rings. The van der Waals surface area contributed by atoms with Crippen LogP contribution in [0.4, 0.5) is 21.6 Å². The molecule has 0 radical (unpaired) electrons. The second kappa shape index (κ2) is 10.7. The molecule has 35 heavy (non-hydrogen) atoms. The zero-order valence-electron chi connectivity index (χ0n) is 19.4.